The molecule has 3 heterocycles. The van der Waals surface area contributed by atoms with E-state index in [2.05, 4.69) is 0 Å². The van der Waals surface area contributed by atoms with Gasteiger partial charge >= 0.3 is 5.97 Å². The molecule has 16 heteroatoms. The highest BCUT2D eigenvalue weighted by Crippen LogP contribution is 2.45. The van der Waals surface area contributed by atoms with Gasteiger partial charge in [0, 0.05) is 85.4 Å². The maximum atomic E-state index is 14.7. The van der Waals surface area contributed by atoms with Crippen molar-refractivity contribution in [1.29, 1.82) is 0 Å². The number of aliphatic hydroxyl groups is 2. The zero-order valence-corrected chi connectivity index (χ0v) is 43.3. The van der Waals surface area contributed by atoms with E-state index in [-0.39, 0.29) is 55.7 Å². The van der Waals surface area contributed by atoms with Crippen LogP contribution in [0.3, 0.4) is 0 Å². The number of esters is 1. The number of aliphatic hydroxyl groups excluding tert-OH is 1. The second-order valence-electron chi connectivity index (χ2n) is 19.7. The Morgan fingerprint density at radius 3 is 2.39 bits per heavy atom. The van der Waals surface area contributed by atoms with E-state index in [1.165, 1.54) is 72.1 Å². The monoisotopic (exact) mass is 1020 g/mol. The van der Waals surface area contributed by atoms with E-state index in [0.717, 1.165) is 31.7 Å². The number of allylic oxidation sites excluding steroid dienone is 6. The average molecular weight is 1020 g/mol. The summed E-state index contributed by atoms with van der Waals surface area (Å²) < 4.78 is 156. The fraction of sp³-hybridized carbons (Fsp3) is 0.759. The van der Waals surface area contributed by atoms with Crippen LogP contribution >= 0.6 is 7.37 Å². The molecule has 2 saturated heterocycles. The topological polar surface area (TPSA) is 201 Å². The fourth-order valence-corrected chi connectivity index (χ4v) is 10.5. The second-order valence-corrected chi connectivity index (χ2v) is 21.6. The van der Waals surface area contributed by atoms with Gasteiger partial charge in [-0.1, -0.05) is 77.9 Å². The molecule has 1 aliphatic carbocycles. The Bertz CT molecular complexity index is 2500. The highest BCUT2D eigenvalue weighted by molar-refractivity contribution is 7.57. The van der Waals surface area contributed by atoms with Gasteiger partial charge in [-0.25, -0.2) is 4.79 Å². The molecule has 1 amide bonds. The lowest BCUT2D eigenvalue weighted by Crippen LogP contribution is -2.61. The molecule has 0 radical (unpaired) electrons. The van der Waals surface area contributed by atoms with E-state index in [1.54, 1.807) is 6.92 Å². The van der Waals surface area contributed by atoms with Crippen LogP contribution in [0.5, 0.6) is 0 Å². The maximum Gasteiger partial charge on any atom is 0.329 e. The zero-order chi connectivity index (χ0) is 63.4. The number of fused-ring (bicyclic) bond motifs is 3. The summed E-state index contributed by atoms with van der Waals surface area (Å²) in [5, 5.41) is 23.9. The Hall–Kier alpha value is -3.14. The van der Waals surface area contributed by atoms with Crippen molar-refractivity contribution in [3.63, 3.8) is 0 Å². The standard InChI is InChI=1S/C54H86NO14P/c1-32-19-15-14-16-20-33(2)45(64-9)30-41-24-22-37(6)54(62,68-41)51(59)52(60)55-26-18-17-21-42(55)53(61)67-46(35(4)28-40-23-25-44(47(29-40)65-10)69-70(12,13)63)31-43(56)34(3)27-36(5)48(57)50(66-11)49(58)39(8)38(32)7/h14-16,19-20,27,32,34-35,37-42,44-48,50,57,62H,17-18,21-26,28-31H2,1-13H3/b16-14?,19-15+,33-20?,36-27+/t32-,34-,35-,37-,38?,39-,40+,41+,42+,44-,45+,46+,47-,48-,50-,54-/m1/s1/i3D3,9D3,12D3,22D2,32D,38D/t32-,34-,35-,37-,38?,39-,40+,41+,42+,44-,45+,46+,47-,48-,50-,54-,70?. The Labute approximate surface area is 436 Å². The molecule has 3 fully saturated rings. The average Bonchev–Trinajstić information content (AvgIpc) is 3.37. The van der Waals surface area contributed by atoms with E-state index < -0.39 is 173 Å². The fourth-order valence-electron chi connectivity index (χ4n) is 9.71. The summed E-state index contributed by atoms with van der Waals surface area (Å²) in [5.41, 5.74) is 0.0680. The summed E-state index contributed by atoms with van der Waals surface area (Å²) in [7, 11) is -4.66. The number of piperidine rings is 1. The molecule has 4 aliphatic rings. The van der Waals surface area contributed by atoms with Gasteiger partial charge in [0.15, 0.2) is 13.2 Å². The third kappa shape index (κ3) is 15.7. The van der Waals surface area contributed by atoms with Crippen LogP contribution in [-0.4, -0.2) is 140 Å². The van der Waals surface area contributed by atoms with E-state index in [1.807, 2.05) is 0 Å². The number of methoxy groups -OCH3 is 3. The van der Waals surface area contributed by atoms with Crippen LogP contribution in [0.4, 0.5) is 0 Å². The number of carbonyl (C=O) groups is 5. The van der Waals surface area contributed by atoms with Gasteiger partial charge in [0.1, 0.15) is 30.1 Å². The summed E-state index contributed by atoms with van der Waals surface area (Å²) in [4.78, 5) is 73.6. The summed E-state index contributed by atoms with van der Waals surface area (Å²) in [5.74, 6) is -19.1. The first-order chi connectivity index (χ1) is 37.9. The molecule has 396 valence electrons. The minimum absolute atomic E-state index is 0.0949. The van der Waals surface area contributed by atoms with Crippen LogP contribution in [-0.2, 0) is 56.7 Å². The number of carbonyl (C=O) groups excluding carboxylic acids is 5. The molecule has 17 atom stereocenters. The molecule has 2 unspecified atom stereocenters. The Morgan fingerprint density at radius 1 is 0.971 bits per heavy atom. The molecule has 0 aromatic heterocycles. The van der Waals surface area contributed by atoms with Gasteiger partial charge in [0.05, 0.1) is 28.5 Å². The highest BCUT2D eigenvalue weighted by atomic mass is 31.2. The van der Waals surface area contributed by atoms with Crippen LogP contribution in [0.15, 0.2) is 47.6 Å². The summed E-state index contributed by atoms with van der Waals surface area (Å²) in [6.45, 7) is 4.44. The number of ketones is 3. The summed E-state index contributed by atoms with van der Waals surface area (Å²) >= 11 is 0. The van der Waals surface area contributed by atoms with Gasteiger partial charge in [-0.15, -0.1) is 0 Å². The Balaban J connectivity index is 1.88. The Kier molecular flexibility index (Phi) is 16.1. The van der Waals surface area contributed by atoms with Crippen molar-refractivity contribution in [2.24, 2.45) is 41.4 Å². The van der Waals surface area contributed by atoms with Crippen LogP contribution < -0.4 is 0 Å². The number of ether oxygens (including phenoxy) is 5. The molecule has 0 spiro atoms. The van der Waals surface area contributed by atoms with Crippen molar-refractivity contribution in [3.8, 4) is 0 Å². The molecule has 0 aromatic rings. The van der Waals surface area contributed by atoms with Gasteiger partial charge in [0.2, 0.25) is 5.79 Å². The molecule has 3 aliphatic heterocycles. The SMILES string of the molecule is [2H]C([2H])([2H])O[C@H]1C[C@@H]2CC([2H])([2H])[C@@H](C)[C@@](O)(O2)C(=O)C(=O)N2CCCC[C@H]2C(=O)O[C@H]([C@H](C)C[C@@H]2CC[C@@H](OP(C)(=O)C([2H])([2H])[2H])[C@H](OC)C2)CC(=O)[C@H](C([2H])([2H])[2H])/C=C(\C)[C@@H](O)[C@@H](OC)C(=O)[C@H](C)C([2H])(C)[C@]([2H])(C)/C=C/C=CC=C1C. The minimum Gasteiger partial charge on any atom is -0.460 e. The lowest BCUT2D eigenvalue weighted by molar-refractivity contribution is -0.265. The molecular weight excluding hydrogens is 918 g/mol. The van der Waals surface area contributed by atoms with Gasteiger partial charge < -0.3 is 43.3 Å². The third-order valence-electron chi connectivity index (χ3n) is 14.4. The smallest absolute Gasteiger partial charge is 0.329 e. The van der Waals surface area contributed by atoms with E-state index in [0.29, 0.717) is 12.8 Å². The molecule has 2 N–H and O–H groups in total. The molecule has 70 heavy (non-hydrogen) atoms. The number of amides is 1. The van der Waals surface area contributed by atoms with Crippen LogP contribution in [0.25, 0.3) is 0 Å². The minimum atomic E-state index is -4.13. The first-order valence-corrected chi connectivity index (χ1v) is 26.4. The third-order valence-corrected chi connectivity index (χ3v) is 15.1. The van der Waals surface area contributed by atoms with Crippen molar-refractivity contribution in [2.75, 3.05) is 41.1 Å². The van der Waals surface area contributed by atoms with E-state index in [4.69, 9.17) is 43.3 Å². The maximum absolute atomic E-state index is 14.7. The van der Waals surface area contributed by atoms with Gasteiger partial charge in [-0.3, -0.25) is 23.7 Å². The predicted octanol–water partition coefficient (Wildman–Crippen LogP) is 7.99. The van der Waals surface area contributed by atoms with Gasteiger partial charge in [-0.2, -0.15) is 0 Å². The van der Waals surface area contributed by atoms with Gasteiger partial charge in [-0.05, 0) is 106 Å². The lowest BCUT2D eigenvalue weighted by Gasteiger charge is -2.42. The van der Waals surface area contributed by atoms with Crippen LogP contribution in [0.2, 0.25) is 0 Å². The quantitative estimate of drug-likeness (QED) is 0.103. The predicted molar refractivity (Wildman–Crippen MR) is 268 cm³/mol. The van der Waals surface area contributed by atoms with Crippen LogP contribution in [0.1, 0.15) is 144 Å². The molecule has 15 nitrogen and oxygen atoms in total. The summed E-state index contributed by atoms with van der Waals surface area (Å²) in [6, 6.07) is -1.54. The molecule has 4 rings (SSSR count). The van der Waals surface area contributed by atoms with Crippen molar-refractivity contribution in [2.45, 2.75) is 180 Å². The highest BCUT2D eigenvalue weighted by Gasteiger charge is 2.53. The molecule has 0 aromatic carbocycles. The number of cyclic esters (lactones) is 1. The molecule has 2 bridgehead atoms. The van der Waals surface area contributed by atoms with E-state index in [9.17, 15) is 41.5 Å². The number of hydrogen-bond acceptors (Lipinski definition) is 14. The van der Waals surface area contributed by atoms with Crippen molar-refractivity contribution in [3.05, 3.63) is 47.6 Å². The summed E-state index contributed by atoms with van der Waals surface area (Å²) in [6.07, 6.45) is -4.15. The first-order valence-electron chi connectivity index (χ1n) is 30.8. The van der Waals surface area contributed by atoms with Gasteiger partial charge in [0.25, 0.3) is 11.7 Å². The van der Waals surface area contributed by atoms with Crippen molar-refractivity contribution >= 4 is 36.6 Å². The normalized spacial score (nSPS) is 45.3. The number of nitrogens with zero attached hydrogens (tertiary/aromatic N) is 1. The largest absolute Gasteiger partial charge is 0.460 e. The number of hydrogen-bond donors (Lipinski definition) is 2. The van der Waals surface area contributed by atoms with Crippen LogP contribution in [0, 0.1) is 41.4 Å². The number of Topliss-reactive ketones (excluding diaryl/α,β-unsaturated/α-hetero) is 3. The van der Waals surface area contributed by atoms with Crippen molar-refractivity contribution < 1.29 is 84.8 Å². The zero-order valence-electron chi connectivity index (χ0n) is 55.4. The second kappa shape index (κ2) is 26.7. The number of rotatable bonds is 8. The van der Waals surface area contributed by atoms with E-state index >= 15 is 0 Å². The van der Waals surface area contributed by atoms with Crippen molar-refractivity contribution in [1.82, 2.24) is 4.90 Å². The lowest BCUT2D eigenvalue weighted by atomic mass is 9.78. The molecule has 1 saturated carbocycles. The first kappa shape index (κ1) is 42.2. The Morgan fingerprint density at radius 2 is 1.71 bits per heavy atom. The molecular formula is C54H86NO14P.